The van der Waals surface area contributed by atoms with Gasteiger partial charge in [-0.15, -0.1) is 0 Å². The van der Waals surface area contributed by atoms with Crippen molar-refractivity contribution in [1.82, 2.24) is 9.55 Å². The highest BCUT2D eigenvalue weighted by molar-refractivity contribution is 5.35. The van der Waals surface area contributed by atoms with Gasteiger partial charge in [0.2, 0.25) is 0 Å². The van der Waals surface area contributed by atoms with E-state index in [4.69, 9.17) is 0 Å². The highest BCUT2D eigenvalue weighted by Gasteiger charge is 2.26. The smallest absolute Gasteiger partial charge is 0.293 e. The van der Waals surface area contributed by atoms with Crippen molar-refractivity contribution in [3.63, 3.8) is 0 Å². The summed E-state index contributed by atoms with van der Waals surface area (Å²) in [6, 6.07) is 0. The first kappa shape index (κ1) is 13.7. The molecule has 0 spiro atoms. The number of hydrogen-bond acceptors (Lipinski definition) is 4. The predicted molar refractivity (Wildman–Crippen MR) is 68.2 cm³/mol. The van der Waals surface area contributed by atoms with Crippen LogP contribution in [0.4, 0.5) is 5.82 Å². The van der Waals surface area contributed by atoms with Crippen molar-refractivity contribution in [2.24, 2.45) is 0 Å². The number of aromatic nitrogens is 2. The van der Waals surface area contributed by atoms with Gasteiger partial charge < -0.3 is 15.0 Å². The summed E-state index contributed by atoms with van der Waals surface area (Å²) in [5.74, 6) is 0.312. The van der Waals surface area contributed by atoms with Crippen molar-refractivity contribution < 1.29 is 5.11 Å². The van der Waals surface area contributed by atoms with Crippen molar-refractivity contribution in [3.05, 3.63) is 22.7 Å². The van der Waals surface area contributed by atoms with Crippen LogP contribution in [0.5, 0.6) is 0 Å². The minimum atomic E-state index is -0.459. The fourth-order valence-corrected chi connectivity index (χ4v) is 1.72. The van der Waals surface area contributed by atoms with Crippen molar-refractivity contribution in [1.29, 1.82) is 0 Å². The maximum atomic E-state index is 12.0. The maximum Gasteiger partial charge on any atom is 0.293 e. The Morgan fingerprint density at radius 3 is 2.53 bits per heavy atom. The quantitative estimate of drug-likeness (QED) is 0.783. The van der Waals surface area contributed by atoms with E-state index < -0.39 is 5.54 Å². The van der Waals surface area contributed by atoms with E-state index in [1.807, 2.05) is 20.8 Å². The monoisotopic (exact) mass is 239 g/mol. The Hall–Kier alpha value is -1.36. The molecule has 17 heavy (non-hydrogen) atoms. The third-order valence-electron chi connectivity index (χ3n) is 3.29. The predicted octanol–water partition coefficient (Wildman–Crippen LogP) is 1.23. The van der Waals surface area contributed by atoms with E-state index in [1.165, 1.54) is 0 Å². The first-order valence-electron chi connectivity index (χ1n) is 6.07. The number of rotatable bonds is 6. The molecule has 5 heteroatoms. The van der Waals surface area contributed by atoms with Crippen molar-refractivity contribution in [2.45, 2.75) is 45.7 Å². The maximum absolute atomic E-state index is 12.0. The summed E-state index contributed by atoms with van der Waals surface area (Å²) >= 11 is 0. The zero-order valence-electron chi connectivity index (χ0n) is 10.7. The molecule has 1 aromatic heterocycles. The molecule has 0 bridgehead atoms. The van der Waals surface area contributed by atoms with Gasteiger partial charge in [-0.25, -0.2) is 4.98 Å². The Bertz CT molecular complexity index is 402. The summed E-state index contributed by atoms with van der Waals surface area (Å²) < 4.78 is 1.59. The van der Waals surface area contributed by atoms with E-state index in [2.05, 4.69) is 10.3 Å². The van der Waals surface area contributed by atoms with Crippen LogP contribution in [0.15, 0.2) is 17.2 Å². The number of aryl methyl sites for hydroxylation is 1. The van der Waals surface area contributed by atoms with Crippen molar-refractivity contribution >= 4 is 5.82 Å². The molecule has 2 N–H and O–H groups in total. The third-order valence-corrected chi connectivity index (χ3v) is 3.29. The zero-order valence-corrected chi connectivity index (χ0v) is 10.7. The molecule has 1 aromatic rings. The van der Waals surface area contributed by atoms with E-state index in [-0.39, 0.29) is 12.2 Å². The van der Waals surface area contributed by atoms with Crippen LogP contribution >= 0.6 is 0 Å². The molecule has 0 aliphatic carbocycles. The Labute approximate surface area is 102 Å². The molecule has 0 amide bonds. The SMILES string of the molecule is CCn1ccnc(NC(CC)(CC)CO)c1=O. The molecule has 1 heterocycles. The number of anilines is 1. The second-order valence-corrected chi connectivity index (χ2v) is 4.14. The fourth-order valence-electron chi connectivity index (χ4n) is 1.72. The van der Waals surface area contributed by atoms with Gasteiger partial charge in [-0.2, -0.15) is 0 Å². The van der Waals surface area contributed by atoms with Crippen LogP contribution in [-0.4, -0.2) is 26.8 Å². The highest BCUT2D eigenvalue weighted by Crippen LogP contribution is 2.18. The lowest BCUT2D eigenvalue weighted by molar-refractivity contribution is 0.202. The first-order chi connectivity index (χ1) is 8.12. The van der Waals surface area contributed by atoms with Gasteiger partial charge in [0.15, 0.2) is 5.82 Å². The number of aliphatic hydroxyl groups excluding tert-OH is 1. The van der Waals surface area contributed by atoms with Crippen molar-refractivity contribution in [2.75, 3.05) is 11.9 Å². The van der Waals surface area contributed by atoms with Crippen molar-refractivity contribution in [3.8, 4) is 0 Å². The van der Waals surface area contributed by atoms with E-state index >= 15 is 0 Å². The van der Waals surface area contributed by atoms with Crippen LogP contribution in [0.2, 0.25) is 0 Å². The molecule has 1 rings (SSSR count). The van der Waals surface area contributed by atoms with Crippen LogP contribution in [-0.2, 0) is 6.54 Å². The lowest BCUT2D eigenvalue weighted by Gasteiger charge is -2.31. The van der Waals surface area contributed by atoms with Crippen LogP contribution in [0, 0.1) is 0 Å². The average molecular weight is 239 g/mol. The third kappa shape index (κ3) is 2.85. The summed E-state index contributed by atoms with van der Waals surface area (Å²) in [6.45, 7) is 6.47. The molecule has 0 atom stereocenters. The summed E-state index contributed by atoms with van der Waals surface area (Å²) in [4.78, 5) is 16.0. The molecule has 96 valence electrons. The Morgan fingerprint density at radius 2 is 2.06 bits per heavy atom. The second-order valence-electron chi connectivity index (χ2n) is 4.14. The van der Waals surface area contributed by atoms with Crippen LogP contribution in [0.3, 0.4) is 0 Å². The van der Waals surface area contributed by atoms with E-state index in [0.29, 0.717) is 12.4 Å². The first-order valence-corrected chi connectivity index (χ1v) is 6.07. The summed E-state index contributed by atoms with van der Waals surface area (Å²) in [7, 11) is 0. The number of nitrogens with zero attached hydrogens (tertiary/aromatic N) is 2. The number of nitrogens with one attached hydrogen (secondary N) is 1. The van der Waals surface area contributed by atoms with E-state index in [1.54, 1.807) is 17.0 Å². The van der Waals surface area contributed by atoms with Gasteiger partial charge in [0.05, 0.1) is 12.1 Å². The molecule has 0 saturated heterocycles. The zero-order chi connectivity index (χ0) is 12.9. The van der Waals surface area contributed by atoms with Gasteiger partial charge in [0.1, 0.15) is 0 Å². The Kier molecular flexibility index (Phi) is 4.69. The number of aliphatic hydroxyl groups is 1. The lowest BCUT2D eigenvalue weighted by Crippen LogP contribution is -2.43. The van der Waals surface area contributed by atoms with Crippen LogP contribution in [0.1, 0.15) is 33.6 Å². The highest BCUT2D eigenvalue weighted by atomic mass is 16.3. The molecule has 0 aliphatic rings. The normalized spacial score (nSPS) is 11.5. The fraction of sp³-hybridized carbons (Fsp3) is 0.667. The molecule has 0 saturated carbocycles. The summed E-state index contributed by atoms with van der Waals surface area (Å²) in [5, 5.41) is 12.5. The van der Waals surface area contributed by atoms with Crippen LogP contribution in [0.25, 0.3) is 0 Å². The number of hydrogen-bond donors (Lipinski definition) is 2. The topological polar surface area (TPSA) is 67.2 Å². The van der Waals surface area contributed by atoms with Gasteiger partial charge in [0.25, 0.3) is 5.56 Å². The minimum absolute atomic E-state index is 0.0118. The van der Waals surface area contributed by atoms with Gasteiger partial charge >= 0.3 is 0 Å². The van der Waals surface area contributed by atoms with Gasteiger partial charge in [-0.3, -0.25) is 4.79 Å². The largest absolute Gasteiger partial charge is 0.394 e. The lowest BCUT2D eigenvalue weighted by atomic mass is 9.94. The van der Waals surface area contributed by atoms with Gasteiger partial charge in [-0.1, -0.05) is 13.8 Å². The molecule has 5 nitrogen and oxygen atoms in total. The molecule has 0 aliphatic heterocycles. The second kappa shape index (κ2) is 5.82. The standard InChI is InChI=1S/C12H21N3O2/c1-4-12(5-2,9-16)14-10-11(17)15(6-3)8-7-13-10/h7-8,16H,4-6,9H2,1-3H3,(H,13,14). The summed E-state index contributed by atoms with van der Waals surface area (Å²) in [5.41, 5.74) is -0.603. The average Bonchev–Trinajstić information content (AvgIpc) is 2.38. The molecule has 0 fully saturated rings. The molecular weight excluding hydrogens is 218 g/mol. The minimum Gasteiger partial charge on any atom is -0.394 e. The Morgan fingerprint density at radius 1 is 1.41 bits per heavy atom. The molecule has 0 radical (unpaired) electrons. The molecule has 0 aromatic carbocycles. The van der Waals surface area contributed by atoms with Crippen LogP contribution < -0.4 is 10.9 Å². The van der Waals surface area contributed by atoms with Gasteiger partial charge in [0, 0.05) is 18.9 Å². The van der Waals surface area contributed by atoms with E-state index in [9.17, 15) is 9.90 Å². The van der Waals surface area contributed by atoms with E-state index in [0.717, 1.165) is 12.8 Å². The van der Waals surface area contributed by atoms with Gasteiger partial charge in [-0.05, 0) is 19.8 Å². The summed E-state index contributed by atoms with van der Waals surface area (Å²) in [6.07, 6.45) is 4.73. The molecular formula is C12H21N3O2. The Balaban J connectivity index is 3.06. The molecule has 0 unspecified atom stereocenters.